The van der Waals surface area contributed by atoms with Crippen LogP contribution in [-0.2, 0) is 13.0 Å². The number of aromatic nitrogens is 1. The topological polar surface area (TPSA) is 24.9 Å². The molecule has 21 heavy (non-hydrogen) atoms. The molecule has 0 spiro atoms. The van der Waals surface area contributed by atoms with Crippen molar-refractivity contribution in [3.05, 3.63) is 39.1 Å². The number of rotatable bonds is 7. The maximum atomic E-state index is 14.0. The minimum atomic E-state index is -0.219. The van der Waals surface area contributed by atoms with Crippen LogP contribution in [0.2, 0.25) is 0 Å². The van der Waals surface area contributed by atoms with Gasteiger partial charge in [0, 0.05) is 21.5 Å². The molecule has 0 atom stereocenters. The Morgan fingerprint density at radius 1 is 1.29 bits per heavy atom. The zero-order valence-corrected chi connectivity index (χ0v) is 14.8. The third-order valence-corrected chi connectivity index (χ3v) is 4.76. The van der Waals surface area contributed by atoms with E-state index in [0.717, 1.165) is 47.5 Å². The van der Waals surface area contributed by atoms with E-state index < -0.39 is 0 Å². The van der Waals surface area contributed by atoms with Gasteiger partial charge in [-0.15, -0.1) is 11.3 Å². The van der Waals surface area contributed by atoms with Crippen LogP contribution in [0, 0.1) is 5.82 Å². The molecule has 0 unspecified atom stereocenters. The molecule has 0 aliphatic carbocycles. The van der Waals surface area contributed by atoms with Crippen LogP contribution in [0.1, 0.15) is 37.3 Å². The van der Waals surface area contributed by atoms with E-state index in [1.54, 1.807) is 23.5 Å². The van der Waals surface area contributed by atoms with Crippen molar-refractivity contribution in [2.24, 2.45) is 0 Å². The number of nitrogens with zero attached hydrogens (tertiary/aromatic N) is 1. The molecule has 1 heterocycles. The molecule has 1 aromatic heterocycles. The summed E-state index contributed by atoms with van der Waals surface area (Å²) in [6.07, 6.45) is 3.09. The number of aryl methyl sites for hydroxylation is 1. The standard InChI is InChI=1S/C16H20BrFN2S/c1-3-5-14-15(10-19-8-4-2)21-16(20-14)12-9-11(17)6-7-13(12)18/h6-7,9,19H,3-5,8,10H2,1-2H3. The SMILES string of the molecule is CCCNCc1sc(-c2cc(Br)ccc2F)nc1CCC. The van der Waals surface area contributed by atoms with Crippen LogP contribution in [-0.4, -0.2) is 11.5 Å². The molecule has 0 aliphatic rings. The number of nitrogens with one attached hydrogen (secondary N) is 1. The Labute approximate surface area is 137 Å². The lowest BCUT2D eigenvalue weighted by atomic mass is 10.2. The van der Waals surface area contributed by atoms with Crippen LogP contribution in [0.4, 0.5) is 4.39 Å². The average molecular weight is 371 g/mol. The van der Waals surface area contributed by atoms with Crippen molar-refractivity contribution in [1.29, 1.82) is 0 Å². The zero-order chi connectivity index (χ0) is 15.2. The van der Waals surface area contributed by atoms with Gasteiger partial charge in [-0.05, 0) is 37.6 Å². The molecule has 0 saturated carbocycles. The van der Waals surface area contributed by atoms with E-state index in [9.17, 15) is 4.39 Å². The van der Waals surface area contributed by atoms with E-state index in [1.807, 2.05) is 0 Å². The molecule has 0 aliphatic heterocycles. The van der Waals surface area contributed by atoms with Crippen LogP contribution < -0.4 is 5.32 Å². The summed E-state index contributed by atoms with van der Waals surface area (Å²) < 4.78 is 14.9. The average Bonchev–Trinajstić information content (AvgIpc) is 2.85. The second-order valence-corrected chi connectivity index (χ2v) is 6.94. The van der Waals surface area contributed by atoms with E-state index in [2.05, 4.69) is 40.1 Å². The predicted octanol–water partition coefficient (Wildman–Crippen LogP) is 5.16. The Balaban J connectivity index is 2.31. The van der Waals surface area contributed by atoms with Crippen molar-refractivity contribution in [2.75, 3.05) is 6.54 Å². The lowest BCUT2D eigenvalue weighted by molar-refractivity contribution is 0.631. The number of halogens is 2. The monoisotopic (exact) mass is 370 g/mol. The van der Waals surface area contributed by atoms with Crippen molar-refractivity contribution in [3.63, 3.8) is 0 Å². The highest BCUT2D eigenvalue weighted by molar-refractivity contribution is 9.10. The van der Waals surface area contributed by atoms with E-state index in [1.165, 1.54) is 10.9 Å². The molecular formula is C16H20BrFN2S. The fourth-order valence-electron chi connectivity index (χ4n) is 2.11. The Morgan fingerprint density at radius 2 is 2.10 bits per heavy atom. The fourth-order valence-corrected chi connectivity index (χ4v) is 3.57. The quantitative estimate of drug-likeness (QED) is 0.680. The molecule has 0 amide bonds. The van der Waals surface area contributed by atoms with Gasteiger partial charge in [0.2, 0.25) is 0 Å². The normalized spacial score (nSPS) is 11.0. The largest absolute Gasteiger partial charge is 0.312 e. The van der Waals surface area contributed by atoms with Crippen LogP contribution in [0.3, 0.4) is 0 Å². The van der Waals surface area contributed by atoms with Crippen molar-refractivity contribution in [2.45, 2.75) is 39.7 Å². The molecule has 0 radical (unpaired) electrons. The summed E-state index contributed by atoms with van der Waals surface area (Å²) in [6.45, 7) is 6.09. The predicted molar refractivity (Wildman–Crippen MR) is 91.2 cm³/mol. The van der Waals surface area contributed by atoms with Gasteiger partial charge < -0.3 is 5.32 Å². The molecular weight excluding hydrogens is 351 g/mol. The summed E-state index contributed by atoms with van der Waals surface area (Å²) in [7, 11) is 0. The van der Waals surface area contributed by atoms with Gasteiger partial charge in [0.25, 0.3) is 0 Å². The van der Waals surface area contributed by atoms with E-state index >= 15 is 0 Å². The molecule has 114 valence electrons. The Kier molecular flexibility index (Phi) is 6.33. The highest BCUT2D eigenvalue weighted by atomic mass is 79.9. The summed E-state index contributed by atoms with van der Waals surface area (Å²) in [5.74, 6) is -0.219. The van der Waals surface area contributed by atoms with Crippen molar-refractivity contribution < 1.29 is 4.39 Å². The van der Waals surface area contributed by atoms with Gasteiger partial charge in [0.05, 0.1) is 5.69 Å². The van der Waals surface area contributed by atoms with Crippen LogP contribution in [0.25, 0.3) is 10.6 Å². The second-order valence-electron chi connectivity index (χ2n) is 4.94. The maximum Gasteiger partial charge on any atom is 0.133 e. The van der Waals surface area contributed by atoms with Crippen LogP contribution in [0.15, 0.2) is 22.7 Å². The summed E-state index contributed by atoms with van der Waals surface area (Å²) >= 11 is 4.99. The molecule has 1 aromatic carbocycles. The fraction of sp³-hybridized carbons (Fsp3) is 0.438. The molecule has 5 heteroatoms. The van der Waals surface area contributed by atoms with Crippen LogP contribution in [0.5, 0.6) is 0 Å². The molecule has 2 nitrogen and oxygen atoms in total. The van der Waals surface area contributed by atoms with Gasteiger partial charge in [-0.3, -0.25) is 0 Å². The first kappa shape index (κ1) is 16.6. The third kappa shape index (κ3) is 4.34. The van der Waals surface area contributed by atoms with Gasteiger partial charge in [-0.1, -0.05) is 36.2 Å². The number of hydrogen-bond acceptors (Lipinski definition) is 3. The Bertz CT molecular complexity index is 598. The Hall–Kier alpha value is -0.780. The van der Waals surface area contributed by atoms with Gasteiger partial charge in [0.15, 0.2) is 0 Å². The second kappa shape index (κ2) is 8.01. The first-order valence-electron chi connectivity index (χ1n) is 7.30. The number of benzene rings is 1. The number of hydrogen-bond donors (Lipinski definition) is 1. The first-order valence-corrected chi connectivity index (χ1v) is 8.91. The van der Waals surface area contributed by atoms with E-state index in [4.69, 9.17) is 0 Å². The summed E-state index contributed by atoms with van der Waals surface area (Å²) in [5.41, 5.74) is 1.67. The highest BCUT2D eigenvalue weighted by Gasteiger charge is 2.15. The van der Waals surface area contributed by atoms with Gasteiger partial charge in [0.1, 0.15) is 10.8 Å². The summed E-state index contributed by atoms with van der Waals surface area (Å²) in [6, 6.07) is 4.99. The van der Waals surface area contributed by atoms with Gasteiger partial charge in [-0.25, -0.2) is 9.37 Å². The maximum absolute atomic E-state index is 14.0. The minimum Gasteiger partial charge on any atom is -0.312 e. The highest BCUT2D eigenvalue weighted by Crippen LogP contribution is 2.32. The van der Waals surface area contributed by atoms with Gasteiger partial charge in [-0.2, -0.15) is 0 Å². The third-order valence-electron chi connectivity index (χ3n) is 3.14. The van der Waals surface area contributed by atoms with Crippen LogP contribution >= 0.6 is 27.3 Å². The molecule has 2 rings (SSSR count). The Morgan fingerprint density at radius 3 is 2.81 bits per heavy atom. The van der Waals surface area contributed by atoms with Gasteiger partial charge >= 0.3 is 0 Å². The molecule has 2 aromatic rings. The molecule has 0 bridgehead atoms. The zero-order valence-electron chi connectivity index (χ0n) is 12.4. The molecule has 0 fully saturated rings. The molecule has 1 N–H and O–H groups in total. The van der Waals surface area contributed by atoms with E-state index in [-0.39, 0.29) is 5.82 Å². The summed E-state index contributed by atoms with van der Waals surface area (Å²) in [5, 5.41) is 4.18. The smallest absolute Gasteiger partial charge is 0.133 e. The lowest BCUT2D eigenvalue weighted by Gasteiger charge is -2.02. The lowest BCUT2D eigenvalue weighted by Crippen LogP contribution is -2.13. The summed E-state index contributed by atoms with van der Waals surface area (Å²) in [4.78, 5) is 5.89. The van der Waals surface area contributed by atoms with Crippen molar-refractivity contribution in [1.82, 2.24) is 10.3 Å². The van der Waals surface area contributed by atoms with E-state index in [0.29, 0.717) is 5.56 Å². The minimum absolute atomic E-state index is 0.219. The molecule has 0 saturated heterocycles. The van der Waals surface area contributed by atoms with Crippen molar-refractivity contribution >= 4 is 27.3 Å². The van der Waals surface area contributed by atoms with Crippen molar-refractivity contribution in [3.8, 4) is 10.6 Å². The first-order chi connectivity index (χ1) is 10.2. The number of thiazole rings is 1.